The third kappa shape index (κ3) is 2.13. The van der Waals surface area contributed by atoms with Crippen LogP contribution >= 0.6 is 0 Å². The molecule has 1 aliphatic heterocycles. The lowest BCUT2D eigenvalue weighted by molar-refractivity contribution is -0.161. The minimum absolute atomic E-state index is 0.0495. The second-order valence-electron chi connectivity index (χ2n) is 6.72. The van der Waals surface area contributed by atoms with Gasteiger partial charge in [-0.3, -0.25) is 14.3 Å². The van der Waals surface area contributed by atoms with Gasteiger partial charge in [0.25, 0.3) is 0 Å². The highest BCUT2D eigenvalue weighted by molar-refractivity contribution is 6.02. The van der Waals surface area contributed by atoms with Crippen LogP contribution in [-0.2, 0) is 23.2 Å². The van der Waals surface area contributed by atoms with Crippen molar-refractivity contribution >= 4 is 11.8 Å². The first-order valence-electron chi connectivity index (χ1n) is 7.47. The molecule has 1 aliphatic carbocycles. The van der Waals surface area contributed by atoms with Crippen LogP contribution in [0.25, 0.3) is 0 Å². The van der Waals surface area contributed by atoms with Crippen molar-refractivity contribution in [1.29, 1.82) is 0 Å². The fourth-order valence-electron chi connectivity index (χ4n) is 3.38. The first-order valence-corrected chi connectivity index (χ1v) is 7.47. The predicted octanol–water partition coefficient (Wildman–Crippen LogP) is 0.970. The number of hydrogen-bond acceptors (Lipinski definition) is 3. The number of rotatable bonds is 2. The second kappa shape index (κ2) is 4.58. The minimum atomic E-state index is -0.833. The van der Waals surface area contributed by atoms with Crippen molar-refractivity contribution in [3.8, 4) is 0 Å². The summed E-state index contributed by atoms with van der Waals surface area (Å²) < 4.78 is 1.71. The molecule has 0 unspecified atom stereocenters. The Morgan fingerprint density at radius 2 is 1.95 bits per heavy atom. The lowest BCUT2D eigenvalue weighted by Crippen LogP contribution is -2.73. The highest BCUT2D eigenvalue weighted by Crippen LogP contribution is 2.37. The van der Waals surface area contributed by atoms with Crippen molar-refractivity contribution < 1.29 is 9.59 Å². The molecule has 2 amide bonds. The molecular weight excluding hydrogens is 268 g/mol. The topological polar surface area (TPSA) is 67.2 Å². The summed E-state index contributed by atoms with van der Waals surface area (Å²) >= 11 is 0. The van der Waals surface area contributed by atoms with Gasteiger partial charge in [-0.2, -0.15) is 5.10 Å². The number of amides is 2. The fourth-order valence-corrected chi connectivity index (χ4v) is 3.38. The van der Waals surface area contributed by atoms with Crippen LogP contribution < -0.4 is 5.32 Å². The lowest BCUT2D eigenvalue weighted by Gasteiger charge is -2.48. The zero-order valence-electron chi connectivity index (χ0n) is 12.8. The molecule has 1 aromatic heterocycles. The van der Waals surface area contributed by atoms with Crippen molar-refractivity contribution in [2.24, 2.45) is 7.05 Å². The molecule has 1 saturated carbocycles. The molecule has 1 aromatic rings. The molecule has 21 heavy (non-hydrogen) atoms. The Balaban J connectivity index is 1.93. The van der Waals surface area contributed by atoms with Gasteiger partial charge in [-0.25, -0.2) is 0 Å². The van der Waals surface area contributed by atoms with Gasteiger partial charge in [0.1, 0.15) is 11.1 Å². The van der Waals surface area contributed by atoms with E-state index in [1.165, 1.54) is 0 Å². The van der Waals surface area contributed by atoms with Gasteiger partial charge >= 0.3 is 0 Å². The van der Waals surface area contributed by atoms with Gasteiger partial charge in [0.2, 0.25) is 11.8 Å². The normalized spacial score (nSPS) is 23.7. The molecule has 1 spiro atoms. The molecule has 0 radical (unpaired) electrons. The molecule has 0 bridgehead atoms. The van der Waals surface area contributed by atoms with Crippen molar-refractivity contribution in [2.75, 3.05) is 0 Å². The van der Waals surface area contributed by atoms with E-state index in [1.54, 1.807) is 29.6 Å². The number of nitrogens with one attached hydrogen (secondary N) is 1. The van der Waals surface area contributed by atoms with Crippen LogP contribution in [0.5, 0.6) is 0 Å². The summed E-state index contributed by atoms with van der Waals surface area (Å²) in [5.74, 6) is -0.0126. The summed E-state index contributed by atoms with van der Waals surface area (Å²) in [6.45, 7) is 4.03. The standard InChI is InChI=1S/C15H22N4O2/c1-14(2)12(20)17-15(6-4-5-7-15)13(21)19(14)10-11-8-16-18(3)9-11/h8-9H,4-7,10H2,1-3H3,(H,17,20). The quantitative estimate of drug-likeness (QED) is 0.882. The van der Waals surface area contributed by atoms with E-state index in [9.17, 15) is 9.59 Å². The monoisotopic (exact) mass is 290 g/mol. The molecular formula is C15H22N4O2. The zero-order chi connectivity index (χ0) is 15.3. The van der Waals surface area contributed by atoms with Crippen LogP contribution in [0.1, 0.15) is 45.1 Å². The molecule has 2 aliphatic rings. The number of carbonyl (C=O) groups excluding carboxylic acids is 2. The van der Waals surface area contributed by atoms with Crippen molar-refractivity contribution in [1.82, 2.24) is 20.0 Å². The maximum absolute atomic E-state index is 13.0. The lowest BCUT2D eigenvalue weighted by atomic mass is 9.85. The summed E-state index contributed by atoms with van der Waals surface area (Å²) in [4.78, 5) is 27.2. The zero-order valence-corrected chi connectivity index (χ0v) is 12.8. The molecule has 6 heteroatoms. The number of piperazine rings is 1. The second-order valence-corrected chi connectivity index (χ2v) is 6.72. The molecule has 114 valence electrons. The maximum Gasteiger partial charge on any atom is 0.249 e. The van der Waals surface area contributed by atoms with E-state index in [0.29, 0.717) is 6.54 Å². The highest BCUT2D eigenvalue weighted by Gasteiger charge is 2.55. The van der Waals surface area contributed by atoms with E-state index < -0.39 is 11.1 Å². The average Bonchev–Trinajstić information content (AvgIpc) is 3.03. The fraction of sp³-hybridized carbons (Fsp3) is 0.667. The number of aryl methyl sites for hydroxylation is 1. The van der Waals surface area contributed by atoms with Crippen LogP contribution in [-0.4, -0.2) is 37.6 Å². The Morgan fingerprint density at radius 1 is 1.29 bits per heavy atom. The van der Waals surface area contributed by atoms with Gasteiger partial charge < -0.3 is 10.2 Å². The average molecular weight is 290 g/mol. The maximum atomic E-state index is 13.0. The Labute approximate surface area is 124 Å². The molecule has 1 N–H and O–H groups in total. The van der Waals surface area contributed by atoms with Crippen LogP contribution in [0, 0.1) is 0 Å². The first-order chi connectivity index (χ1) is 9.85. The Morgan fingerprint density at radius 3 is 2.52 bits per heavy atom. The minimum Gasteiger partial charge on any atom is -0.340 e. The van der Waals surface area contributed by atoms with Crippen LogP contribution in [0.4, 0.5) is 0 Å². The van der Waals surface area contributed by atoms with Crippen LogP contribution in [0.3, 0.4) is 0 Å². The van der Waals surface area contributed by atoms with Gasteiger partial charge in [0.15, 0.2) is 0 Å². The molecule has 0 aromatic carbocycles. The number of aromatic nitrogens is 2. The molecule has 1 saturated heterocycles. The number of nitrogens with zero attached hydrogens (tertiary/aromatic N) is 3. The molecule has 2 fully saturated rings. The van der Waals surface area contributed by atoms with Gasteiger partial charge in [-0.15, -0.1) is 0 Å². The van der Waals surface area contributed by atoms with Gasteiger partial charge in [0.05, 0.1) is 6.20 Å². The molecule has 3 rings (SSSR count). The summed E-state index contributed by atoms with van der Waals surface area (Å²) in [7, 11) is 1.85. The van der Waals surface area contributed by atoms with Gasteiger partial charge in [0, 0.05) is 25.4 Å². The summed E-state index contributed by atoms with van der Waals surface area (Å²) in [6.07, 6.45) is 7.11. The predicted molar refractivity (Wildman–Crippen MR) is 77.2 cm³/mol. The van der Waals surface area contributed by atoms with E-state index in [1.807, 2.05) is 13.2 Å². The third-order valence-electron chi connectivity index (χ3n) is 4.79. The van der Waals surface area contributed by atoms with Crippen molar-refractivity contribution in [2.45, 2.75) is 57.2 Å². The Hall–Kier alpha value is -1.85. The summed E-state index contributed by atoms with van der Waals surface area (Å²) in [6, 6.07) is 0. The molecule has 2 heterocycles. The first kappa shape index (κ1) is 14.1. The number of carbonyl (C=O) groups is 2. The van der Waals surface area contributed by atoms with Crippen LogP contribution in [0.2, 0.25) is 0 Å². The summed E-state index contributed by atoms with van der Waals surface area (Å²) in [5, 5.41) is 7.14. The van der Waals surface area contributed by atoms with Gasteiger partial charge in [-0.05, 0) is 26.7 Å². The van der Waals surface area contributed by atoms with E-state index in [4.69, 9.17) is 0 Å². The Bertz CT molecular complexity index is 584. The van der Waals surface area contributed by atoms with Crippen LogP contribution in [0.15, 0.2) is 12.4 Å². The van der Waals surface area contributed by atoms with Crippen molar-refractivity contribution in [3.63, 3.8) is 0 Å². The highest BCUT2D eigenvalue weighted by atomic mass is 16.2. The van der Waals surface area contributed by atoms with Gasteiger partial charge in [-0.1, -0.05) is 12.8 Å². The van der Waals surface area contributed by atoms with E-state index >= 15 is 0 Å². The van der Waals surface area contributed by atoms with E-state index in [0.717, 1.165) is 31.2 Å². The SMILES string of the molecule is Cn1cc(CN2C(=O)C3(CCCC3)NC(=O)C2(C)C)cn1. The third-order valence-corrected chi connectivity index (χ3v) is 4.79. The van der Waals surface area contributed by atoms with E-state index in [-0.39, 0.29) is 11.8 Å². The largest absolute Gasteiger partial charge is 0.340 e. The number of hydrogen-bond donors (Lipinski definition) is 1. The summed E-state index contributed by atoms with van der Waals surface area (Å²) in [5.41, 5.74) is -0.558. The smallest absolute Gasteiger partial charge is 0.249 e. The van der Waals surface area contributed by atoms with E-state index in [2.05, 4.69) is 10.4 Å². The molecule has 0 atom stereocenters. The molecule has 6 nitrogen and oxygen atoms in total. The Kier molecular flexibility index (Phi) is 3.07. The van der Waals surface area contributed by atoms with Crippen molar-refractivity contribution in [3.05, 3.63) is 18.0 Å².